The molecule has 1 amide bonds. The van der Waals surface area contributed by atoms with Crippen molar-refractivity contribution in [1.82, 2.24) is 5.32 Å². The molecule has 19 heavy (non-hydrogen) atoms. The summed E-state index contributed by atoms with van der Waals surface area (Å²) in [6, 6.07) is 11.5. The van der Waals surface area contributed by atoms with E-state index in [1.165, 1.54) is 0 Å². The van der Waals surface area contributed by atoms with Gasteiger partial charge < -0.3 is 16.2 Å². The van der Waals surface area contributed by atoms with E-state index in [1.54, 1.807) is 0 Å². The van der Waals surface area contributed by atoms with Crippen LogP contribution < -0.4 is 11.1 Å². The van der Waals surface area contributed by atoms with Crippen LogP contribution in [0, 0.1) is 0 Å². The summed E-state index contributed by atoms with van der Waals surface area (Å²) in [5.41, 5.74) is 5.92. The van der Waals surface area contributed by atoms with Crippen molar-refractivity contribution in [3.63, 3.8) is 0 Å². The van der Waals surface area contributed by atoms with Crippen LogP contribution in [0.25, 0.3) is 10.8 Å². The number of amides is 1. The van der Waals surface area contributed by atoms with Gasteiger partial charge in [0.1, 0.15) is 5.75 Å². The molecule has 1 unspecified atom stereocenters. The highest BCUT2D eigenvalue weighted by Gasteiger charge is 2.12. The molecule has 0 saturated heterocycles. The molecule has 4 N–H and O–H groups in total. The van der Waals surface area contributed by atoms with Crippen LogP contribution in [0.3, 0.4) is 0 Å². The third-order valence-electron chi connectivity index (χ3n) is 3.22. The zero-order chi connectivity index (χ0) is 13.8. The van der Waals surface area contributed by atoms with Gasteiger partial charge in [0.2, 0.25) is 5.91 Å². The van der Waals surface area contributed by atoms with Gasteiger partial charge >= 0.3 is 0 Å². The van der Waals surface area contributed by atoms with E-state index in [0.29, 0.717) is 13.0 Å². The number of phenolic OH excluding ortho intramolecular Hbond substituents is 1. The first-order chi connectivity index (χ1) is 9.09. The first kappa shape index (κ1) is 13.4. The number of phenols is 1. The Morgan fingerprint density at radius 2 is 2.05 bits per heavy atom. The van der Waals surface area contributed by atoms with Crippen molar-refractivity contribution in [3.05, 3.63) is 42.0 Å². The number of nitrogens with two attached hydrogens (primary N) is 1. The van der Waals surface area contributed by atoms with Gasteiger partial charge in [0.05, 0.1) is 0 Å². The summed E-state index contributed by atoms with van der Waals surface area (Å²) in [7, 11) is 0. The van der Waals surface area contributed by atoms with Gasteiger partial charge in [-0.05, 0) is 12.3 Å². The molecular weight excluding hydrogens is 240 g/mol. The van der Waals surface area contributed by atoms with Gasteiger partial charge in [-0.1, -0.05) is 36.4 Å². The molecular formula is C15H18N2O2. The fourth-order valence-electron chi connectivity index (χ4n) is 2.14. The minimum absolute atomic E-state index is 0.0380. The molecule has 0 aromatic heterocycles. The molecule has 0 aliphatic heterocycles. The predicted molar refractivity (Wildman–Crippen MR) is 75.8 cm³/mol. The quantitative estimate of drug-likeness (QED) is 0.768. The van der Waals surface area contributed by atoms with Crippen molar-refractivity contribution in [1.29, 1.82) is 0 Å². The molecule has 4 heteroatoms. The van der Waals surface area contributed by atoms with Gasteiger partial charge in [-0.3, -0.25) is 4.79 Å². The Morgan fingerprint density at radius 1 is 1.32 bits per heavy atom. The van der Waals surface area contributed by atoms with E-state index in [-0.39, 0.29) is 17.7 Å². The molecule has 2 rings (SSSR count). The first-order valence-corrected chi connectivity index (χ1v) is 6.32. The number of hydrogen-bond donors (Lipinski definition) is 3. The number of fused-ring (bicyclic) bond motifs is 1. The van der Waals surface area contributed by atoms with Crippen molar-refractivity contribution in [2.45, 2.75) is 19.4 Å². The van der Waals surface area contributed by atoms with Crippen LogP contribution in [0.2, 0.25) is 0 Å². The van der Waals surface area contributed by atoms with Crippen molar-refractivity contribution in [2.24, 2.45) is 5.73 Å². The zero-order valence-corrected chi connectivity index (χ0v) is 10.9. The topological polar surface area (TPSA) is 75.3 Å². The molecule has 2 aromatic carbocycles. The second-order valence-electron chi connectivity index (χ2n) is 4.62. The number of primary amides is 1. The molecule has 1 atom stereocenters. The fourth-order valence-corrected chi connectivity index (χ4v) is 2.14. The van der Waals surface area contributed by atoms with Crippen molar-refractivity contribution >= 4 is 16.7 Å². The zero-order valence-electron chi connectivity index (χ0n) is 10.9. The highest BCUT2D eigenvalue weighted by Crippen LogP contribution is 2.32. The van der Waals surface area contributed by atoms with Gasteiger partial charge in [-0.15, -0.1) is 0 Å². The summed E-state index contributed by atoms with van der Waals surface area (Å²) in [5.74, 6) is -0.0420. The molecule has 0 spiro atoms. The molecule has 2 aromatic rings. The van der Waals surface area contributed by atoms with Crippen LogP contribution in [0.4, 0.5) is 0 Å². The van der Waals surface area contributed by atoms with E-state index in [9.17, 15) is 9.90 Å². The molecule has 0 heterocycles. The maximum Gasteiger partial charge on any atom is 0.218 e. The predicted octanol–water partition coefficient (Wildman–Crippen LogP) is 2.07. The minimum Gasteiger partial charge on any atom is -0.507 e. The van der Waals surface area contributed by atoms with E-state index >= 15 is 0 Å². The molecule has 0 radical (unpaired) electrons. The van der Waals surface area contributed by atoms with E-state index < -0.39 is 0 Å². The minimum atomic E-state index is -0.331. The highest BCUT2D eigenvalue weighted by atomic mass is 16.3. The Hall–Kier alpha value is -2.07. The van der Waals surface area contributed by atoms with E-state index in [4.69, 9.17) is 5.73 Å². The standard InChI is InChI=1S/C15H18N2O2/c1-10(17-9-8-14(16)18)12-7-6-11-4-2-3-5-13(11)15(12)19/h2-7,10,17,19H,8-9H2,1H3,(H2,16,18). The highest BCUT2D eigenvalue weighted by molar-refractivity contribution is 5.89. The molecule has 100 valence electrons. The molecule has 4 nitrogen and oxygen atoms in total. The first-order valence-electron chi connectivity index (χ1n) is 6.32. The molecule has 0 aliphatic rings. The summed E-state index contributed by atoms with van der Waals surface area (Å²) in [6.45, 7) is 2.45. The Bertz CT molecular complexity index is 596. The Balaban J connectivity index is 2.20. The van der Waals surface area contributed by atoms with Crippen LogP contribution in [0.5, 0.6) is 5.75 Å². The Kier molecular flexibility index (Phi) is 4.02. The lowest BCUT2D eigenvalue weighted by Crippen LogP contribution is -2.24. The summed E-state index contributed by atoms with van der Waals surface area (Å²) in [5, 5.41) is 15.3. The third-order valence-corrected chi connectivity index (χ3v) is 3.22. The number of aromatic hydroxyl groups is 1. The van der Waals surface area contributed by atoms with Crippen LogP contribution >= 0.6 is 0 Å². The number of benzene rings is 2. The van der Waals surface area contributed by atoms with Crippen LogP contribution in [0.15, 0.2) is 36.4 Å². The van der Waals surface area contributed by atoms with Crippen LogP contribution in [-0.2, 0) is 4.79 Å². The van der Waals surface area contributed by atoms with Gasteiger partial charge in [0.15, 0.2) is 0 Å². The van der Waals surface area contributed by atoms with Crippen molar-refractivity contribution in [2.75, 3.05) is 6.54 Å². The fraction of sp³-hybridized carbons (Fsp3) is 0.267. The average molecular weight is 258 g/mol. The molecule has 0 bridgehead atoms. The Labute approximate surface area is 112 Å². The largest absolute Gasteiger partial charge is 0.507 e. The normalized spacial score (nSPS) is 12.5. The summed E-state index contributed by atoms with van der Waals surface area (Å²) in [4.78, 5) is 10.7. The van der Waals surface area contributed by atoms with Gasteiger partial charge in [0.25, 0.3) is 0 Å². The van der Waals surface area contributed by atoms with Gasteiger partial charge in [0, 0.05) is 30.0 Å². The van der Waals surface area contributed by atoms with E-state index in [1.807, 2.05) is 43.3 Å². The van der Waals surface area contributed by atoms with Crippen molar-refractivity contribution < 1.29 is 9.90 Å². The summed E-state index contributed by atoms with van der Waals surface area (Å²) < 4.78 is 0. The van der Waals surface area contributed by atoms with E-state index in [0.717, 1.165) is 16.3 Å². The monoisotopic (exact) mass is 258 g/mol. The number of nitrogens with one attached hydrogen (secondary N) is 1. The van der Waals surface area contributed by atoms with Crippen molar-refractivity contribution in [3.8, 4) is 5.75 Å². The SMILES string of the molecule is CC(NCCC(N)=O)c1ccc2ccccc2c1O. The number of hydrogen-bond acceptors (Lipinski definition) is 3. The maximum absolute atomic E-state index is 10.7. The number of carbonyl (C=O) groups excluding carboxylic acids is 1. The molecule has 0 saturated carbocycles. The van der Waals surface area contributed by atoms with Gasteiger partial charge in [-0.2, -0.15) is 0 Å². The lowest BCUT2D eigenvalue weighted by Gasteiger charge is -2.16. The van der Waals surface area contributed by atoms with Gasteiger partial charge in [-0.25, -0.2) is 0 Å². The smallest absolute Gasteiger partial charge is 0.218 e. The second-order valence-corrected chi connectivity index (χ2v) is 4.62. The molecule has 0 fully saturated rings. The average Bonchev–Trinajstić information content (AvgIpc) is 2.39. The second kappa shape index (κ2) is 5.71. The lowest BCUT2D eigenvalue weighted by molar-refractivity contribution is -0.117. The number of rotatable bonds is 5. The number of carbonyl (C=O) groups is 1. The Morgan fingerprint density at radius 3 is 2.79 bits per heavy atom. The summed E-state index contributed by atoms with van der Waals surface area (Å²) >= 11 is 0. The third kappa shape index (κ3) is 3.03. The van der Waals surface area contributed by atoms with E-state index in [2.05, 4.69) is 5.32 Å². The summed E-state index contributed by atoms with van der Waals surface area (Å²) in [6.07, 6.45) is 0.290. The maximum atomic E-state index is 10.7. The van der Waals surface area contributed by atoms with Crippen LogP contribution in [0.1, 0.15) is 24.9 Å². The lowest BCUT2D eigenvalue weighted by atomic mass is 10.0. The van der Waals surface area contributed by atoms with Crippen LogP contribution in [-0.4, -0.2) is 17.6 Å². The molecule has 0 aliphatic carbocycles.